The minimum atomic E-state index is -0.189. The molecule has 0 aliphatic heterocycles. The molecule has 0 fully saturated rings. The first kappa shape index (κ1) is 17.1. The number of methoxy groups -OCH3 is 1. The molecule has 1 heterocycles. The molecule has 0 bridgehead atoms. The first-order valence-electron chi connectivity index (χ1n) is 7.75. The first-order valence-corrected chi connectivity index (χ1v) is 8.97. The van der Waals surface area contributed by atoms with E-state index in [0.29, 0.717) is 5.69 Å². The average Bonchev–Trinajstić information content (AvgIpc) is 3.04. The van der Waals surface area contributed by atoms with E-state index in [0.717, 1.165) is 27.6 Å². The highest BCUT2D eigenvalue weighted by molar-refractivity contribution is 7.98. The summed E-state index contributed by atoms with van der Waals surface area (Å²) in [5.41, 5.74) is 2.92. The van der Waals surface area contributed by atoms with Gasteiger partial charge in [-0.3, -0.25) is 9.48 Å². The largest absolute Gasteiger partial charge is 0.497 e. The molecular formula is C19H19N3O2S. The van der Waals surface area contributed by atoms with E-state index in [1.807, 2.05) is 54.8 Å². The van der Waals surface area contributed by atoms with Crippen LogP contribution in [0.4, 0.5) is 5.69 Å². The molecule has 0 saturated heterocycles. The smallest absolute Gasteiger partial charge is 0.273 e. The zero-order chi connectivity index (χ0) is 17.8. The maximum atomic E-state index is 12.7. The lowest BCUT2D eigenvalue weighted by atomic mass is 10.1. The number of amides is 1. The van der Waals surface area contributed by atoms with Crippen LogP contribution in [0.3, 0.4) is 0 Å². The van der Waals surface area contributed by atoms with Crippen LogP contribution in [0.2, 0.25) is 0 Å². The fourth-order valence-corrected chi connectivity index (χ4v) is 3.09. The number of rotatable bonds is 5. The normalized spacial score (nSPS) is 10.5. The van der Waals surface area contributed by atoms with Gasteiger partial charge in [0, 0.05) is 17.5 Å². The highest BCUT2D eigenvalue weighted by Crippen LogP contribution is 2.26. The second-order valence-electron chi connectivity index (χ2n) is 5.42. The van der Waals surface area contributed by atoms with Gasteiger partial charge in [0.05, 0.1) is 18.5 Å². The van der Waals surface area contributed by atoms with Crippen molar-refractivity contribution in [2.24, 2.45) is 7.05 Å². The molecule has 0 atom stereocenters. The summed E-state index contributed by atoms with van der Waals surface area (Å²) in [5.74, 6) is 0.564. The van der Waals surface area contributed by atoms with Crippen LogP contribution in [0.15, 0.2) is 59.5 Å². The van der Waals surface area contributed by atoms with Crippen molar-refractivity contribution >= 4 is 23.4 Å². The molecular weight excluding hydrogens is 334 g/mol. The van der Waals surface area contributed by atoms with Crippen LogP contribution in [0.25, 0.3) is 11.3 Å². The third-order valence-electron chi connectivity index (χ3n) is 3.83. The Morgan fingerprint density at radius 1 is 1.16 bits per heavy atom. The molecule has 3 aromatic rings. The van der Waals surface area contributed by atoms with Crippen molar-refractivity contribution in [1.82, 2.24) is 9.78 Å². The van der Waals surface area contributed by atoms with Gasteiger partial charge >= 0.3 is 0 Å². The number of benzene rings is 2. The summed E-state index contributed by atoms with van der Waals surface area (Å²) >= 11 is 1.59. The van der Waals surface area contributed by atoms with Crippen LogP contribution in [0.5, 0.6) is 5.75 Å². The van der Waals surface area contributed by atoms with Gasteiger partial charge in [-0.05, 0) is 36.6 Å². The molecule has 1 N–H and O–H groups in total. The van der Waals surface area contributed by atoms with Crippen molar-refractivity contribution in [3.05, 3.63) is 60.3 Å². The molecule has 6 heteroatoms. The van der Waals surface area contributed by atoms with Gasteiger partial charge in [-0.1, -0.05) is 24.3 Å². The Kier molecular flexibility index (Phi) is 5.09. The maximum absolute atomic E-state index is 12.7. The molecule has 128 valence electrons. The van der Waals surface area contributed by atoms with Crippen LogP contribution >= 0.6 is 11.8 Å². The van der Waals surface area contributed by atoms with Gasteiger partial charge in [0.1, 0.15) is 11.4 Å². The SMILES string of the molecule is COc1cccc(-c2cc(C(=O)Nc3ccccc3SC)n(C)n2)c1. The molecule has 0 saturated carbocycles. The number of ether oxygens (including phenoxy) is 1. The summed E-state index contributed by atoms with van der Waals surface area (Å²) in [7, 11) is 3.39. The first-order chi connectivity index (χ1) is 12.1. The second kappa shape index (κ2) is 7.44. The van der Waals surface area contributed by atoms with Crippen molar-refractivity contribution in [3.8, 4) is 17.0 Å². The number of nitrogens with zero attached hydrogens (tertiary/aromatic N) is 2. The summed E-state index contributed by atoms with van der Waals surface area (Å²) in [6.07, 6.45) is 1.98. The highest BCUT2D eigenvalue weighted by Gasteiger charge is 2.16. The predicted octanol–water partition coefficient (Wildman–Crippen LogP) is 4.07. The molecule has 5 nitrogen and oxygen atoms in total. The van der Waals surface area contributed by atoms with Crippen LogP contribution in [0.1, 0.15) is 10.5 Å². The zero-order valence-corrected chi connectivity index (χ0v) is 15.1. The topological polar surface area (TPSA) is 56.1 Å². The fraction of sp³-hybridized carbons (Fsp3) is 0.158. The molecule has 25 heavy (non-hydrogen) atoms. The number of carbonyl (C=O) groups excluding carboxylic acids is 1. The summed E-state index contributed by atoms with van der Waals surface area (Å²) in [5, 5.41) is 7.42. The predicted molar refractivity (Wildman–Crippen MR) is 101 cm³/mol. The lowest BCUT2D eigenvalue weighted by Gasteiger charge is -2.08. The number of anilines is 1. The summed E-state index contributed by atoms with van der Waals surface area (Å²) in [6.45, 7) is 0. The lowest BCUT2D eigenvalue weighted by molar-refractivity contribution is 0.101. The minimum Gasteiger partial charge on any atom is -0.497 e. The van der Waals surface area contributed by atoms with Crippen LogP contribution in [0, 0.1) is 0 Å². The average molecular weight is 353 g/mol. The summed E-state index contributed by atoms with van der Waals surface area (Å²) < 4.78 is 6.84. The van der Waals surface area contributed by atoms with Gasteiger partial charge in [0.2, 0.25) is 0 Å². The van der Waals surface area contributed by atoms with Gasteiger partial charge in [0.15, 0.2) is 0 Å². The molecule has 1 aromatic heterocycles. The van der Waals surface area contributed by atoms with E-state index in [9.17, 15) is 4.79 Å². The van der Waals surface area contributed by atoms with E-state index >= 15 is 0 Å². The van der Waals surface area contributed by atoms with Gasteiger partial charge in [-0.2, -0.15) is 5.10 Å². The number of nitrogens with one attached hydrogen (secondary N) is 1. The number of thioether (sulfide) groups is 1. The molecule has 0 aliphatic rings. The van der Waals surface area contributed by atoms with Crippen LogP contribution in [-0.4, -0.2) is 29.1 Å². The van der Waals surface area contributed by atoms with Crippen LogP contribution in [-0.2, 0) is 7.05 Å². The Hall–Kier alpha value is -2.73. The van der Waals surface area contributed by atoms with E-state index in [4.69, 9.17) is 4.74 Å². The Bertz CT molecular complexity index is 905. The second-order valence-corrected chi connectivity index (χ2v) is 6.27. The van der Waals surface area contributed by atoms with Crippen LogP contribution < -0.4 is 10.1 Å². The van der Waals surface area contributed by atoms with Crippen molar-refractivity contribution in [2.45, 2.75) is 4.90 Å². The van der Waals surface area contributed by atoms with E-state index in [-0.39, 0.29) is 5.91 Å². The Labute approximate surface area is 151 Å². The molecule has 0 unspecified atom stereocenters. The summed E-state index contributed by atoms with van der Waals surface area (Å²) in [6, 6.07) is 17.1. The standard InChI is InChI=1S/C19H19N3O2S/c1-22-17(19(23)20-15-9-4-5-10-18(15)25-3)12-16(21-22)13-7-6-8-14(11-13)24-2/h4-12H,1-3H3,(H,20,23). The Morgan fingerprint density at radius 3 is 2.72 bits per heavy atom. The van der Waals surface area contributed by atoms with Gasteiger partial charge in [-0.15, -0.1) is 11.8 Å². The third-order valence-corrected chi connectivity index (χ3v) is 4.63. The summed E-state index contributed by atoms with van der Waals surface area (Å²) in [4.78, 5) is 13.7. The minimum absolute atomic E-state index is 0.189. The van der Waals surface area contributed by atoms with E-state index in [2.05, 4.69) is 10.4 Å². The number of hydrogen-bond acceptors (Lipinski definition) is 4. The monoisotopic (exact) mass is 353 g/mol. The van der Waals surface area contributed by atoms with Crippen molar-refractivity contribution in [1.29, 1.82) is 0 Å². The number of aryl methyl sites for hydroxylation is 1. The number of carbonyl (C=O) groups is 1. The van der Waals surface area contributed by atoms with Crippen molar-refractivity contribution < 1.29 is 9.53 Å². The maximum Gasteiger partial charge on any atom is 0.273 e. The van der Waals surface area contributed by atoms with Gasteiger partial charge < -0.3 is 10.1 Å². The van der Waals surface area contributed by atoms with Crippen molar-refractivity contribution in [2.75, 3.05) is 18.7 Å². The number of para-hydroxylation sites is 1. The molecule has 0 radical (unpaired) electrons. The lowest BCUT2D eigenvalue weighted by Crippen LogP contribution is -2.16. The number of aromatic nitrogens is 2. The molecule has 2 aromatic carbocycles. The Balaban J connectivity index is 1.88. The van der Waals surface area contributed by atoms with Crippen molar-refractivity contribution in [3.63, 3.8) is 0 Å². The molecule has 0 spiro atoms. The Morgan fingerprint density at radius 2 is 1.96 bits per heavy atom. The van der Waals surface area contributed by atoms with Gasteiger partial charge in [0.25, 0.3) is 5.91 Å². The highest BCUT2D eigenvalue weighted by atomic mass is 32.2. The quantitative estimate of drug-likeness (QED) is 0.703. The van der Waals surface area contributed by atoms with E-state index < -0.39 is 0 Å². The van der Waals surface area contributed by atoms with E-state index in [1.165, 1.54) is 0 Å². The molecule has 1 amide bonds. The van der Waals surface area contributed by atoms with Gasteiger partial charge in [-0.25, -0.2) is 0 Å². The number of hydrogen-bond donors (Lipinski definition) is 1. The third kappa shape index (κ3) is 3.69. The fourth-order valence-electron chi connectivity index (χ4n) is 2.54. The zero-order valence-electron chi connectivity index (χ0n) is 14.3. The van der Waals surface area contributed by atoms with E-state index in [1.54, 1.807) is 36.7 Å². The molecule has 3 rings (SSSR count). The molecule has 0 aliphatic carbocycles.